The van der Waals surface area contributed by atoms with Crippen LogP contribution in [0, 0.1) is 0 Å². The summed E-state index contributed by atoms with van der Waals surface area (Å²) >= 11 is 0. The van der Waals surface area contributed by atoms with E-state index in [4.69, 9.17) is 16.5 Å². The van der Waals surface area contributed by atoms with Crippen molar-refractivity contribution in [2.45, 2.75) is 25.4 Å². The predicted octanol–water partition coefficient (Wildman–Crippen LogP) is 2.50. The molecular weight excluding hydrogens is 336 g/mol. The van der Waals surface area contributed by atoms with Crippen molar-refractivity contribution in [3.05, 3.63) is 54.1 Å². The normalized spacial score (nSPS) is 16.0. The summed E-state index contributed by atoms with van der Waals surface area (Å²) < 4.78 is 2.27. The molecule has 0 atom stereocenters. The number of rotatable bonds is 6. The lowest BCUT2D eigenvalue weighted by Crippen LogP contribution is -2.41. The molecule has 6 heteroatoms. The van der Waals surface area contributed by atoms with Crippen molar-refractivity contribution in [1.29, 1.82) is 0 Å². The van der Waals surface area contributed by atoms with Crippen LogP contribution in [0.4, 0.5) is 11.6 Å². The fraction of sp³-hybridized carbons (Fsp3) is 0.381. The highest BCUT2D eigenvalue weighted by Crippen LogP contribution is 2.24. The lowest BCUT2D eigenvalue weighted by molar-refractivity contribution is 0.224. The molecule has 1 fully saturated rings. The number of aromatic nitrogens is 2. The summed E-state index contributed by atoms with van der Waals surface area (Å²) in [5, 5.41) is 3.70. The molecule has 1 aliphatic heterocycles. The van der Waals surface area contributed by atoms with Gasteiger partial charge in [0, 0.05) is 37.9 Å². The first-order valence-electron chi connectivity index (χ1n) is 9.71. The third-order valence-electron chi connectivity index (χ3n) is 5.34. The third-order valence-corrected chi connectivity index (χ3v) is 5.34. The summed E-state index contributed by atoms with van der Waals surface area (Å²) in [5.41, 5.74) is 15.7. The van der Waals surface area contributed by atoms with Gasteiger partial charge in [-0.15, -0.1) is 0 Å². The zero-order chi connectivity index (χ0) is 18.6. The molecule has 0 spiro atoms. The van der Waals surface area contributed by atoms with Crippen LogP contribution in [0.25, 0.3) is 11.0 Å². The van der Waals surface area contributed by atoms with Crippen LogP contribution in [-0.4, -0.2) is 46.7 Å². The van der Waals surface area contributed by atoms with E-state index in [-0.39, 0.29) is 0 Å². The number of nitrogen functional groups attached to an aromatic ring is 1. The Labute approximate surface area is 160 Å². The number of nitrogens with two attached hydrogens (primary N) is 2. The van der Waals surface area contributed by atoms with E-state index in [1.54, 1.807) is 0 Å². The summed E-state index contributed by atoms with van der Waals surface area (Å²) in [6, 6.07) is 16.8. The minimum atomic E-state index is 0.445. The number of imidazole rings is 1. The Balaban J connectivity index is 1.56. The van der Waals surface area contributed by atoms with E-state index < -0.39 is 0 Å². The minimum absolute atomic E-state index is 0.445. The quantitative estimate of drug-likeness (QED) is 0.585. The van der Waals surface area contributed by atoms with E-state index in [1.807, 2.05) is 18.2 Å². The smallest absolute Gasteiger partial charge is 0.204 e. The Morgan fingerprint density at radius 2 is 1.78 bits per heavy atom. The first-order chi connectivity index (χ1) is 13.2. The zero-order valence-corrected chi connectivity index (χ0v) is 15.6. The van der Waals surface area contributed by atoms with Crippen molar-refractivity contribution < 1.29 is 0 Å². The molecule has 0 amide bonds. The van der Waals surface area contributed by atoms with E-state index in [0.717, 1.165) is 68.2 Å². The molecule has 0 aliphatic carbocycles. The summed E-state index contributed by atoms with van der Waals surface area (Å²) in [6.45, 7) is 4.67. The lowest BCUT2D eigenvalue weighted by atomic mass is 10.1. The lowest BCUT2D eigenvalue weighted by Gasteiger charge is -2.32. The van der Waals surface area contributed by atoms with Gasteiger partial charge in [-0.2, -0.15) is 0 Å². The molecule has 0 radical (unpaired) electrons. The van der Waals surface area contributed by atoms with Crippen LogP contribution in [-0.2, 0) is 6.54 Å². The Bertz CT molecular complexity index is 877. The van der Waals surface area contributed by atoms with Crippen molar-refractivity contribution in [3.8, 4) is 0 Å². The number of piperidine rings is 1. The fourth-order valence-corrected chi connectivity index (χ4v) is 3.82. The monoisotopic (exact) mass is 364 g/mol. The molecule has 1 saturated heterocycles. The molecule has 6 nitrogen and oxygen atoms in total. The molecule has 2 aromatic carbocycles. The maximum Gasteiger partial charge on any atom is 0.204 e. The number of benzene rings is 2. The predicted molar refractivity (Wildman–Crippen MR) is 112 cm³/mol. The van der Waals surface area contributed by atoms with Crippen LogP contribution < -0.4 is 16.8 Å². The Kier molecular flexibility index (Phi) is 5.27. The largest absolute Gasteiger partial charge is 0.399 e. The third kappa shape index (κ3) is 4.07. The maximum atomic E-state index is 5.83. The molecule has 5 N–H and O–H groups in total. The van der Waals surface area contributed by atoms with Crippen molar-refractivity contribution >= 4 is 22.7 Å². The van der Waals surface area contributed by atoms with Gasteiger partial charge >= 0.3 is 0 Å². The van der Waals surface area contributed by atoms with E-state index >= 15 is 0 Å². The van der Waals surface area contributed by atoms with Gasteiger partial charge in [0.05, 0.1) is 17.6 Å². The second-order valence-corrected chi connectivity index (χ2v) is 7.30. The van der Waals surface area contributed by atoms with Crippen molar-refractivity contribution in [1.82, 2.24) is 14.5 Å². The zero-order valence-electron chi connectivity index (χ0n) is 15.6. The topological polar surface area (TPSA) is 85.1 Å². The van der Waals surface area contributed by atoms with Gasteiger partial charge in [-0.1, -0.05) is 24.3 Å². The van der Waals surface area contributed by atoms with Crippen molar-refractivity contribution in [3.63, 3.8) is 0 Å². The number of hydrogen-bond donors (Lipinski definition) is 3. The highest BCUT2D eigenvalue weighted by Gasteiger charge is 2.21. The molecule has 1 aliphatic rings. The highest BCUT2D eigenvalue weighted by molar-refractivity contribution is 5.78. The summed E-state index contributed by atoms with van der Waals surface area (Å²) in [5.74, 6) is 0.949. The summed E-state index contributed by atoms with van der Waals surface area (Å²) in [7, 11) is 0. The Morgan fingerprint density at radius 3 is 2.52 bits per heavy atom. The number of hydrogen-bond acceptors (Lipinski definition) is 5. The minimum Gasteiger partial charge on any atom is -0.399 e. The van der Waals surface area contributed by atoms with Crippen LogP contribution in [0.2, 0.25) is 0 Å². The standard InChI is InChI=1S/C21H28N6/c22-11-14-26-12-9-18(10-13-26)24-21-25-19-3-1-2-4-20(19)27(21)15-16-5-7-17(23)8-6-16/h1-8,18H,9-15,22-23H2,(H,24,25). The fourth-order valence-electron chi connectivity index (χ4n) is 3.82. The molecular formula is C21H28N6. The molecule has 3 aromatic rings. The maximum absolute atomic E-state index is 5.83. The number of nitrogens with zero attached hydrogens (tertiary/aromatic N) is 3. The second-order valence-electron chi connectivity index (χ2n) is 7.30. The van der Waals surface area contributed by atoms with Gasteiger partial charge < -0.3 is 26.3 Å². The Hall–Kier alpha value is -2.57. The van der Waals surface area contributed by atoms with E-state index in [2.05, 4.69) is 45.1 Å². The summed E-state index contributed by atoms with van der Waals surface area (Å²) in [4.78, 5) is 7.31. The van der Waals surface area contributed by atoms with Crippen molar-refractivity contribution in [2.75, 3.05) is 37.2 Å². The van der Waals surface area contributed by atoms with Gasteiger partial charge in [-0.3, -0.25) is 0 Å². The van der Waals surface area contributed by atoms with E-state index in [9.17, 15) is 0 Å². The van der Waals surface area contributed by atoms with Crippen LogP contribution >= 0.6 is 0 Å². The average molecular weight is 364 g/mol. The molecule has 4 rings (SSSR count). The van der Waals surface area contributed by atoms with Gasteiger partial charge in [-0.25, -0.2) is 4.98 Å². The van der Waals surface area contributed by atoms with Crippen LogP contribution in [0.15, 0.2) is 48.5 Å². The first-order valence-corrected chi connectivity index (χ1v) is 9.71. The van der Waals surface area contributed by atoms with Crippen molar-refractivity contribution in [2.24, 2.45) is 5.73 Å². The number of likely N-dealkylation sites (tertiary alicyclic amines) is 1. The number of para-hydroxylation sites is 2. The van der Waals surface area contributed by atoms with Crippen LogP contribution in [0.5, 0.6) is 0 Å². The van der Waals surface area contributed by atoms with E-state index in [0.29, 0.717) is 6.04 Å². The van der Waals surface area contributed by atoms with Crippen LogP contribution in [0.1, 0.15) is 18.4 Å². The molecule has 2 heterocycles. The molecule has 1 aromatic heterocycles. The number of fused-ring (bicyclic) bond motifs is 1. The van der Waals surface area contributed by atoms with Gasteiger partial charge in [0.15, 0.2) is 0 Å². The van der Waals surface area contributed by atoms with Crippen LogP contribution in [0.3, 0.4) is 0 Å². The van der Waals surface area contributed by atoms with E-state index in [1.165, 1.54) is 5.56 Å². The van der Waals surface area contributed by atoms with Gasteiger partial charge in [0.1, 0.15) is 0 Å². The SMILES string of the molecule is NCCN1CCC(Nc2nc3ccccc3n2Cc2ccc(N)cc2)CC1. The molecule has 142 valence electrons. The van der Waals surface area contributed by atoms with Gasteiger partial charge in [0.2, 0.25) is 5.95 Å². The van der Waals surface area contributed by atoms with Gasteiger partial charge in [-0.05, 0) is 42.7 Å². The number of nitrogens with one attached hydrogen (secondary N) is 1. The molecule has 0 unspecified atom stereocenters. The Morgan fingerprint density at radius 1 is 1.04 bits per heavy atom. The average Bonchev–Trinajstić information content (AvgIpc) is 3.02. The molecule has 0 saturated carbocycles. The summed E-state index contributed by atoms with van der Waals surface area (Å²) in [6.07, 6.45) is 2.23. The molecule has 0 bridgehead atoms. The van der Waals surface area contributed by atoms with Gasteiger partial charge in [0.25, 0.3) is 0 Å². The first kappa shape index (κ1) is 17.8. The number of anilines is 2. The highest BCUT2D eigenvalue weighted by atomic mass is 15.2. The second kappa shape index (κ2) is 7.98. The molecule has 27 heavy (non-hydrogen) atoms.